The molecule has 1 N–H and O–H groups in total. The van der Waals surface area contributed by atoms with Crippen molar-refractivity contribution in [1.82, 2.24) is 0 Å². The number of anilines is 1. The zero-order chi connectivity index (χ0) is 17.3. The third-order valence-corrected chi connectivity index (χ3v) is 5.75. The fourth-order valence-electron chi connectivity index (χ4n) is 2.44. The number of sulfone groups is 1. The summed E-state index contributed by atoms with van der Waals surface area (Å²) >= 11 is 5.51. The molecular weight excluding hydrogens is 355 g/mol. The maximum absolute atomic E-state index is 12.8. The van der Waals surface area contributed by atoms with Gasteiger partial charge in [-0.05, 0) is 37.0 Å². The van der Waals surface area contributed by atoms with Crippen LogP contribution in [0.2, 0.25) is 5.02 Å². The molecule has 0 atom stereocenters. The molecule has 0 saturated carbocycles. The summed E-state index contributed by atoms with van der Waals surface area (Å²) in [5.74, 6) is -0.425. The van der Waals surface area contributed by atoms with Crippen molar-refractivity contribution in [3.8, 4) is 0 Å². The fraction of sp³-hybridized carbons (Fsp3) is 0.500. The number of hydrogen-bond donors (Lipinski definition) is 1. The Bertz CT molecular complexity index is 690. The largest absolute Gasteiger partial charge is 0.417 e. The Morgan fingerprint density at radius 3 is 2.43 bits per heavy atom. The molecular formula is C14H15ClF3NO3S. The van der Waals surface area contributed by atoms with Crippen molar-refractivity contribution in [2.45, 2.75) is 25.4 Å². The smallest absolute Gasteiger partial charge is 0.326 e. The molecule has 1 aromatic carbocycles. The van der Waals surface area contributed by atoms with E-state index in [1.807, 2.05) is 0 Å². The first-order chi connectivity index (χ1) is 10.6. The lowest BCUT2D eigenvalue weighted by Gasteiger charge is -2.21. The van der Waals surface area contributed by atoms with Crippen LogP contribution in [0, 0.1) is 5.92 Å². The van der Waals surface area contributed by atoms with Gasteiger partial charge in [0.15, 0.2) is 0 Å². The molecule has 1 fully saturated rings. The van der Waals surface area contributed by atoms with Gasteiger partial charge in [0, 0.05) is 12.1 Å². The molecule has 23 heavy (non-hydrogen) atoms. The van der Waals surface area contributed by atoms with Gasteiger partial charge in [0.1, 0.15) is 9.84 Å². The lowest BCUT2D eigenvalue weighted by Crippen LogP contribution is -2.26. The molecule has 1 saturated heterocycles. The quantitative estimate of drug-likeness (QED) is 0.886. The summed E-state index contributed by atoms with van der Waals surface area (Å²) in [7, 11) is -3.01. The maximum Gasteiger partial charge on any atom is 0.417 e. The van der Waals surface area contributed by atoms with Crippen LogP contribution in [0.25, 0.3) is 0 Å². The van der Waals surface area contributed by atoms with Gasteiger partial charge in [-0.3, -0.25) is 4.79 Å². The van der Waals surface area contributed by atoms with Crippen molar-refractivity contribution in [3.63, 3.8) is 0 Å². The van der Waals surface area contributed by atoms with E-state index < -0.39 is 32.5 Å². The van der Waals surface area contributed by atoms with Gasteiger partial charge in [0.05, 0.1) is 22.1 Å². The lowest BCUT2D eigenvalue weighted by molar-refractivity contribution is -0.137. The molecule has 0 unspecified atom stereocenters. The van der Waals surface area contributed by atoms with Crippen molar-refractivity contribution in [1.29, 1.82) is 0 Å². The Balaban J connectivity index is 1.98. The summed E-state index contributed by atoms with van der Waals surface area (Å²) in [5.41, 5.74) is -1.00. The van der Waals surface area contributed by atoms with Gasteiger partial charge in [0.25, 0.3) is 0 Å². The second-order valence-electron chi connectivity index (χ2n) is 5.54. The highest BCUT2D eigenvalue weighted by Crippen LogP contribution is 2.36. The van der Waals surface area contributed by atoms with Gasteiger partial charge in [0.2, 0.25) is 5.91 Å². The molecule has 0 bridgehead atoms. The summed E-state index contributed by atoms with van der Waals surface area (Å²) in [4.78, 5) is 11.9. The van der Waals surface area contributed by atoms with E-state index in [0.29, 0.717) is 12.8 Å². The molecule has 1 aromatic rings. The molecule has 9 heteroatoms. The Hall–Kier alpha value is -1.28. The number of halogens is 4. The lowest BCUT2D eigenvalue weighted by atomic mass is 9.98. The first kappa shape index (κ1) is 18.1. The van der Waals surface area contributed by atoms with E-state index in [1.165, 1.54) is 6.07 Å². The first-order valence-electron chi connectivity index (χ1n) is 6.94. The highest BCUT2D eigenvalue weighted by molar-refractivity contribution is 7.91. The molecule has 0 spiro atoms. The molecule has 1 heterocycles. The standard InChI is InChI=1S/C14H15ClF3NO3S/c15-12-2-1-10(8-11(12)14(16,17)18)19-13(20)7-9-3-5-23(21,22)6-4-9/h1-2,8-9H,3-7H2,(H,19,20). The third kappa shape index (κ3) is 5.10. The van der Waals surface area contributed by atoms with Gasteiger partial charge in [-0.1, -0.05) is 11.6 Å². The van der Waals surface area contributed by atoms with Crippen LogP contribution in [0.4, 0.5) is 18.9 Å². The minimum absolute atomic E-state index is 0.00940. The molecule has 0 aliphatic carbocycles. The molecule has 1 aliphatic heterocycles. The number of benzene rings is 1. The summed E-state index contributed by atoms with van der Waals surface area (Å²) in [6.45, 7) is 0. The van der Waals surface area contributed by atoms with E-state index in [1.54, 1.807) is 0 Å². The monoisotopic (exact) mass is 369 g/mol. The number of amides is 1. The van der Waals surface area contributed by atoms with Crippen LogP contribution in [0.3, 0.4) is 0 Å². The van der Waals surface area contributed by atoms with Crippen molar-refractivity contribution >= 4 is 33.0 Å². The van der Waals surface area contributed by atoms with Gasteiger partial charge in [-0.2, -0.15) is 13.2 Å². The average molecular weight is 370 g/mol. The second kappa shape index (κ2) is 6.68. The van der Waals surface area contributed by atoms with Gasteiger partial charge >= 0.3 is 6.18 Å². The predicted octanol–water partition coefficient (Wildman–Crippen LogP) is 3.51. The van der Waals surface area contributed by atoms with Gasteiger partial charge in [-0.25, -0.2) is 8.42 Å². The van der Waals surface area contributed by atoms with E-state index in [4.69, 9.17) is 11.6 Å². The summed E-state index contributed by atoms with van der Waals surface area (Å²) in [6, 6.07) is 3.15. The Labute approximate surface area is 136 Å². The van der Waals surface area contributed by atoms with E-state index in [9.17, 15) is 26.4 Å². The first-order valence-corrected chi connectivity index (χ1v) is 9.14. The highest BCUT2D eigenvalue weighted by Gasteiger charge is 2.33. The number of carbonyl (C=O) groups is 1. The van der Waals surface area contributed by atoms with Crippen LogP contribution in [0.15, 0.2) is 18.2 Å². The van der Waals surface area contributed by atoms with Crippen LogP contribution >= 0.6 is 11.6 Å². The van der Waals surface area contributed by atoms with E-state index in [2.05, 4.69) is 5.32 Å². The SMILES string of the molecule is O=C(CC1CCS(=O)(=O)CC1)Nc1ccc(Cl)c(C(F)(F)F)c1. The zero-order valence-corrected chi connectivity index (χ0v) is 13.6. The Morgan fingerprint density at radius 2 is 1.87 bits per heavy atom. The van der Waals surface area contributed by atoms with Crippen LogP contribution in [0.5, 0.6) is 0 Å². The van der Waals surface area contributed by atoms with Gasteiger partial charge < -0.3 is 5.32 Å². The number of nitrogens with one attached hydrogen (secondary N) is 1. The molecule has 128 valence electrons. The predicted molar refractivity (Wildman–Crippen MR) is 81.1 cm³/mol. The van der Waals surface area contributed by atoms with Crippen LogP contribution < -0.4 is 5.32 Å². The summed E-state index contributed by atoms with van der Waals surface area (Å²) < 4.78 is 60.9. The van der Waals surface area contributed by atoms with Crippen LogP contribution in [-0.2, 0) is 20.8 Å². The highest BCUT2D eigenvalue weighted by atomic mass is 35.5. The topological polar surface area (TPSA) is 63.2 Å². The van der Waals surface area contributed by atoms with Crippen molar-refractivity contribution in [2.24, 2.45) is 5.92 Å². The maximum atomic E-state index is 12.8. The summed E-state index contributed by atoms with van der Waals surface area (Å²) in [6.07, 6.45) is -3.73. The van der Waals surface area contributed by atoms with Crippen LogP contribution in [-0.4, -0.2) is 25.8 Å². The average Bonchev–Trinajstić information content (AvgIpc) is 2.42. The van der Waals surface area contributed by atoms with Crippen LogP contribution in [0.1, 0.15) is 24.8 Å². The Kier molecular flexibility index (Phi) is 5.25. The minimum Gasteiger partial charge on any atom is -0.326 e. The zero-order valence-electron chi connectivity index (χ0n) is 12.0. The molecule has 4 nitrogen and oxygen atoms in total. The summed E-state index contributed by atoms with van der Waals surface area (Å²) in [5, 5.41) is 1.97. The molecule has 2 rings (SSSR count). The second-order valence-corrected chi connectivity index (χ2v) is 8.25. The van der Waals surface area contributed by atoms with E-state index in [-0.39, 0.29) is 29.5 Å². The molecule has 1 aliphatic rings. The number of carbonyl (C=O) groups excluding carboxylic acids is 1. The number of hydrogen-bond acceptors (Lipinski definition) is 3. The number of rotatable bonds is 3. The van der Waals surface area contributed by atoms with Crippen molar-refractivity contribution in [2.75, 3.05) is 16.8 Å². The minimum atomic E-state index is -4.60. The molecule has 1 amide bonds. The normalized spacial score (nSPS) is 18.6. The third-order valence-electron chi connectivity index (χ3n) is 3.70. The molecule has 0 radical (unpaired) electrons. The number of alkyl halides is 3. The van der Waals surface area contributed by atoms with E-state index >= 15 is 0 Å². The van der Waals surface area contributed by atoms with Gasteiger partial charge in [-0.15, -0.1) is 0 Å². The van der Waals surface area contributed by atoms with Crippen molar-refractivity contribution in [3.05, 3.63) is 28.8 Å². The van der Waals surface area contributed by atoms with Crippen molar-refractivity contribution < 1.29 is 26.4 Å². The Morgan fingerprint density at radius 1 is 1.26 bits per heavy atom. The molecule has 0 aromatic heterocycles. The van der Waals surface area contributed by atoms with E-state index in [0.717, 1.165) is 12.1 Å². The fourth-order valence-corrected chi connectivity index (χ4v) is 4.25.